The number of benzene rings is 2. The Morgan fingerprint density at radius 3 is 2.57 bits per heavy atom. The highest BCUT2D eigenvalue weighted by Crippen LogP contribution is 2.23. The van der Waals surface area contributed by atoms with Crippen molar-refractivity contribution in [3.8, 4) is 0 Å². The number of aromatic nitrogens is 4. The highest BCUT2D eigenvalue weighted by molar-refractivity contribution is 5.90. The number of para-hydroxylation sites is 3. The standard InChI is InChI=1S/C21H20N6O3/c28-18(22-15-6-2-1-3-7-15)14-26-21(29)27-17-9-5-4-8-16(17)23-19(20(27)24-26)25-10-12-30-13-11-25/h1-9H,10-14H2,(H,22,28). The van der Waals surface area contributed by atoms with Gasteiger partial charge in [0.25, 0.3) is 0 Å². The van der Waals surface area contributed by atoms with Crippen molar-refractivity contribution in [3.05, 3.63) is 65.1 Å². The summed E-state index contributed by atoms with van der Waals surface area (Å²) < 4.78 is 8.16. The van der Waals surface area contributed by atoms with Crippen molar-refractivity contribution >= 4 is 34.1 Å². The predicted molar refractivity (Wildman–Crippen MR) is 113 cm³/mol. The number of hydrogen-bond acceptors (Lipinski definition) is 6. The Hall–Kier alpha value is -3.72. The number of carbonyl (C=O) groups excluding carboxylic acids is 1. The van der Waals surface area contributed by atoms with Gasteiger partial charge in [-0.25, -0.2) is 18.9 Å². The average Bonchev–Trinajstić information content (AvgIpc) is 3.10. The van der Waals surface area contributed by atoms with Crippen molar-refractivity contribution in [1.29, 1.82) is 0 Å². The van der Waals surface area contributed by atoms with E-state index < -0.39 is 0 Å². The summed E-state index contributed by atoms with van der Waals surface area (Å²) in [6.07, 6.45) is 0. The molecule has 5 rings (SSSR count). The molecule has 9 heteroatoms. The molecule has 1 aliphatic heterocycles. The summed E-state index contributed by atoms with van der Waals surface area (Å²) in [5.74, 6) is 0.299. The number of ether oxygens (including phenoxy) is 1. The second kappa shape index (κ2) is 7.60. The van der Waals surface area contributed by atoms with Crippen LogP contribution < -0.4 is 15.9 Å². The Morgan fingerprint density at radius 2 is 1.77 bits per heavy atom. The van der Waals surface area contributed by atoms with Gasteiger partial charge in [-0.15, -0.1) is 5.10 Å². The van der Waals surface area contributed by atoms with E-state index >= 15 is 0 Å². The normalized spacial score (nSPS) is 14.3. The summed E-state index contributed by atoms with van der Waals surface area (Å²) >= 11 is 0. The molecule has 0 aliphatic carbocycles. The lowest BCUT2D eigenvalue weighted by atomic mass is 10.3. The fraction of sp³-hybridized carbons (Fsp3) is 0.238. The van der Waals surface area contributed by atoms with Crippen LogP contribution >= 0.6 is 0 Å². The molecule has 0 unspecified atom stereocenters. The largest absolute Gasteiger partial charge is 0.378 e. The minimum absolute atomic E-state index is 0.188. The zero-order valence-corrected chi connectivity index (χ0v) is 16.2. The van der Waals surface area contributed by atoms with Gasteiger partial charge in [-0.05, 0) is 24.3 Å². The van der Waals surface area contributed by atoms with Gasteiger partial charge in [0.15, 0.2) is 5.82 Å². The SMILES string of the molecule is O=C(Cn1nc2c(N3CCOCC3)nc3ccccc3n2c1=O)Nc1ccccc1. The third-order valence-electron chi connectivity index (χ3n) is 5.05. The van der Waals surface area contributed by atoms with Crippen LogP contribution in [0.15, 0.2) is 59.4 Å². The number of anilines is 2. The molecule has 1 saturated heterocycles. The van der Waals surface area contributed by atoms with E-state index in [1.807, 2.05) is 42.5 Å². The Labute approximate surface area is 171 Å². The molecule has 0 saturated carbocycles. The first-order valence-electron chi connectivity index (χ1n) is 9.76. The minimum Gasteiger partial charge on any atom is -0.378 e. The number of carbonyl (C=O) groups is 1. The molecule has 1 amide bonds. The molecule has 30 heavy (non-hydrogen) atoms. The zero-order chi connectivity index (χ0) is 20.5. The molecule has 3 heterocycles. The van der Waals surface area contributed by atoms with Crippen molar-refractivity contribution < 1.29 is 9.53 Å². The summed E-state index contributed by atoms with van der Waals surface area (Å²) in [5.41, 5.74) is 2.08. The molecule has 1 aliphatic rings. The van der Waals surface area contributed by atoms with Gasteiger partial charge in [0.05, 0.1) is 24.2 Å². The van der Waals surface area contributed by atoms with Gasteiger partial charge in [-0.2, -0.15) is 0 Å². The Bertz CT molecular complexity index is 1270. The lowest BCUT2D eigenvalue weighted by Crippen LogP contribution is -2.37. The summed E-state index contributed by atoms with van der Waals surface area (Å²) in [4.78, 5) is 32.5. The van der Waals surface area contributed by atoms with E-state index in [4.69, 9.17) is 9.72 Å². The maximum atomic E-state index is 13.2. The summed E-state index contributed by atoms with van der Waals surface area (Å²) in [6.45, 7) is 2.32. The quantitative estimate of drug-likeness (QED) is 0.554. The molecule has 9 nitrogen and oxygen atoms in total. The zero-order valence-electron chi connectivity index (χ0n) is 16.2. The summed E-state index contributed by atoms with van der Waals surface area (Å²) in [5, 5.41) is 7.27. The van der Waals surface area contributed by atoms with Gasteiger partial charge in [-0.3, -0.25) is 4.79 Å². The van der Waals surface area contributed by atoms with E-state index in [-0.39, 0.29) is 18.1 Å². The molecule has 1 N–H and O–H groups in total. The van der Waals surface area contributed by atoms with Gasteiger partial charge in [0.1, 0.15) is 6.54 Å². The molecule has 2 aromatic heterocycles. The molecule has 0 spiro atoms. The second-order valence-corrected chi connectivity index (χ2v) is 7.04. The topological polar surface area (TPSA) is 93.8 Å². The first kappa shape index (κ1) is 18.3. The summed E-state index contributed by atoms with van der Waals surface area (Å²) in [7, 11) is 0. The van der Waals surface area contributed by atoms with Crippen molar-refractivity contribution in [1.82, 2.24) is 19.2 Å². The van der Waals surface area contributed by atoms with E-state index in [0.29, 0.717) is 54.5 Å². The first-order chi connectivity index (χ1) is 14.7. The Kier molecular flexibility index (Phi) is 4.64. The van der Waals surface area contributed by atoms with Crippen LogP contribution in [0.25, 0.3) is 16.7 Å². The fourth-order valence-corrected chi connectivity index (χ4v) is 3.63. The van der Waals surface area contributed by atoms with Crippen LogP contribution in [-0.4, -0.2) is 51.4 Å². The van der Waals surface area contributed by atoms with Crippen LogP contribution in [-0.2, 0) is 16.1 Å². The average molecular weight is 404 g/mol. The van der Waals surface area contributed by atoms with Gasteiger partial charge in [0.2, 0.25) is 11.6 Å². The van der Waals surface area contributed by atoms with E-state index in [2.05, 4.69) is 15.3 Å². The van der Waals surface area contributed by atoms with Crippen LogP contribution in [0.4, 0.5) is 11.5 Å². The number of nitrogens with one attached hydrogen (secondary N) is 1. The number of morpholine rings is 1. The smallest absolute Gasteiger partial charge is 0.351 e. The molecule has 1 fully saturated rings. The predicted octanol–water partition coefficient (Wildman–Crippen LogP) is 1.52. The first-order valence-corrected chi connectivity index (χ1v) is 9.76. The maximum absolute atomic E-state index is 13.2. The highest BCUT2D eigenvalue weighted by atomic mass is 16.5. The third-order valence-corrected chi connectivity index (χ3v) is 5.05. The Morgan fingerprint density at radius 1 is 1.03 bits per heavy atom. The Balaban J connectivity index is 1.58. The van der Waals surface area contributed by atoms with Crippen molar-refractivity contribution in [2.24, 2.45) is 0 Å². The number of nitrogens with zero attached hydrogens (tertiary/aromatic N) is 5. The molecular formula is C21H20N6O3. The molecule has 0 atom stereocenters. The molecule has 2 aromatic carbocycles. The molecule has 4 aromatic rings. The second-order valence-electron chi connectivity index (χ2n) is 7.04. The lowest BCUT2D eigenvalue weighted by Gasteiger charge is -2.27. The van der Waals surface area contributed by atoms with Crippen LogP contribution in [0.3, 0.4) is 0 Å². The van der Waals surface area contributed by atoms with Gasteiger partial charge >= 0.3 is 5.69 Å². The number of fused-ring (bicyclic) bond motifs is 3. The van der Waals surface area contributed by atoms with Crippen molar-refractivity contribution in [2.75, 3.05) is 36.5 Å². The van der Waals surface area contributed by atoms with Crippen molar-refractivity contribution in [3.63, 3.8) is 0 Å². The minimum atomic E-state index is -0.374. The maximum Gasteiger partial charge on any atom is 0.351 e. The van der Waals surface area contributed by atoms with E-state index in [1.54, 1.807) is 12.1 Å². The fourth-order valence-electron chi connectivity index (χ4n) is 3.63. The number of amides is 1. The lowest BCUT2D eigenvalue weighted by molar-refractivity contribution is -0.117. The van der Waals surface area contributed by atoms with Crippen LogP contribution in [0.1, 0.15) is 0 Å². The third kappa shape index (κ3) is 3.29. The van der Waals surface area contributed by atoms with E-state index in [0.717, 1.165) is 0 Å². The van der Waals surface area contributed by atoms with Crippen molar-refractivity contribution in [2.45, 2.75) is 6.54 Å². The highest BCUT2D eigenvalue weighted by Gasteiger charge is 2.22. The molecule has 152 valence electrons. The van der Waals surface area contributed by atoms with Crippen LogP contribution in [0, 0.1) is 0 Å². The molecule has 0 bridgehead atoms. The molecular weight excluding hydrogens is 384 g/mol. The monoisotopic (exact) mass is 404 g/mol. The number of hydrogen-bond donors (Lipinski definition) is 1. The van der Waals surface area contributed by atoms with E-state index in [1.165, 1.54) is 9.08 Å². The van der Waals surface area contributed by atoms with Gasteiger partial charge in [0, 0.05) is 18.8 Å². The number of rotatable bonds is 4. The van der Waals surface area contributed by atoms with Gasteiger partial charge in [-0.1, -0.05) is 30.3 Å². The molecule has 0 radical (unpaired) electrons. The summed E-state index contributed by atoms with van der Waals surface area (Å²) in [6, 6.07) is 16.5. The van der Waals surface area contributed by atoms with Gasteiger partial charge < -0.3 is 15.0 Å². The van der Waals surface area contributed by atoms with Crippen LogP contribution in [0.5, 0.6) is 0 Å². The van der Waals surface area contributed by atoms with E-state index in [9.17, 15) is 9.59 Å². The van der Waals surface area contributed by atoms with Crippen LogP contribution in [0.2, 0.25) is 0 Å².